The van der Waals surface area contributed by atoms with Crippen molar-refractivity contribution in [2.75, 3.05) is 13.1 Å². The summed E-state index contributed by atoms with van der Waals surface area (Å²) in [5.41, 5.74) is 19.2. The number of carbonyl (C=O) groups is 12. The number of rotatable bonds is 17. The van der Waals surface area contributed by atoms with Crippen molar-refractivity contribution in [2.24, 2.45) is 23.1 Å². The maximum absolute atomic E-state index is 14.9. The van der Waals surface area contributed by atoms with Crippen molar-refractivity contribution in [1.82, 2.24) is 52.8 Å². The molecule has 26 heteroatoms. The number of nitrogens with two attached hydrogens (primary N) is 3. The normalized spacial score (nSPS) is 24.3. The second kappa shape index (κ2) is 33.4. The van der Waals surface area contributed by atoms with Gasteiger partial charge in [0.15, 0.2) is 0 Å². The molecule has 10 atom stereocenters. The van der Waals surface area contributed by atoms with E-state index in [1.165, 1.54) is 36.1 Å². The minimum atomic E-state index is -1.85. The smallest absolute Gasteiger partial charge is 0.246 e. The highest BCUT2D eigenvalue weighted by molar-refractivity contribution is 6.00. The van der Waals surface area contributed by atoms with Crippen LogP contribution in [0.1, 0.15) is 88.0 Å². The van der Waals surface area contributed by atoms with Crippen LogP contribution in [-0.4, -0.2) is 154 Å². The Morgan fingerprint density at radius 2 is 0.888 bits per heavy atom. The number of fused-ring (bicyclic) bond motifs is 1. The lowest BCUT2D eigenvalue weighted by Gasteiger charge is -2.31. The third kappa shape index (κ3) is 21.0. The van der Waals surface area contributed by atoms with E-state index in [9.17, 15) is 62.6 Å². The number of primary amides is 2. The van der Waals surface area contributed by atoms with Crippen molar-refractivity contribution in [3.63, 3.8) is 0 Å². The van der Waals surface area contributed by atoms with Crippen LogP contribution in [0.2, 0.25) is 0 Å². The average molecular weight is 1230 g/mol. The second-order valence-corrected chi connectivity index (χ2v) is 22.6. The van der Waals surface area contributed by atoms with Gasteiger partial charge in [0.05, 0.1) is 6.42 Å². The fourth-order valence-electron chi connectivity index (χ4n) is 10.4. The highest BCUT2D eigenvalue weighted by Gasteiger charge is 2.41. The van der Waals surface area contributed by atoms with Gasteiger partial charge in [-0.05, 0) is 85.9 Å². The quantitative estimate of drug-likeness (QED) is 0.0578. The fraction of sp³-hybridized carbons (Fsp3) is 0.429. The number of aromatic hydroxyl groups is 1. The molecule has 0 aromatic heterocycles. The molecule has 6 rings (SSSR count). The Bertz CT molecular complexity index is 3140. The number of nitrogens with one attached hydrogen (secondary N) is 9. The summed E-state index contributed by atoms with van der Waals surface area (Å²) in [5.74, 6) is -11.7. The predicted molar refractivity (Wildman–Crippen MR) is 325 cm³/mol. The number of hydrogen-bond donors (Lipinski definition) is 13. The third-order valence-corrected chi connectivity index (χ3v) is 15.3. The van der Waals surface area contributed by atoms with Crippen molar-refractivity contribution < 1.29 is 62.6 Å². The predicted octanol–water partition coefficient (Wildman–Crippen LogP) is -1.41. The lowest BCUT2D eigenvalue weighted by molar-refractivity contribution is -0.142. The first kappa shape index (κ1) is 68.4. The fourth-order valence-corrected chi connectivity index (χ4v) is 10.4. The molecule has 0 spiro atoms. The van der Waals surface area contributed by atoms with E-state index in [1.807, 2.05) is 0 Å². The summed E-state index contributed by atoms with van der Waals surface area (Å²) in [6.45, 7) is 4.76. The van der Waals surface area contributed by atoms with Crippen molar-refractivity contribution in [3.05, 3.63) is 138 Å². The third-order valence-electron chi connectivity index (χ3n) is 15.3. The van der Waals surface area contributed by atoms with E-state index in [0.717, 1.165) is 0 Å². The molecule has 2 heterocycles. The van der Waals surface area contributed by atoms with Gasteiger partial charge in [-0.3, -0.25) is 57.5 Å². The van der Waals surface area contributed by atoms with E-state index < -0.39 is 156 Å². The first-order valence-corrected chi connectivity index (χ1v) is 29.7. The summed E-state index contributed by atoms with van der Waals surface area (Å²) in [6, 6.07) is 16.8. The maximum atomic E-state index is 14.9. The summed E-state index contributed by atoms with van der Waals surface area (Å²) < 4.78 is 0. The van der Waals surface area contributed by atoms with Gasteiger partial charge in [-0.1, -0.05) is 117 Å². The number of benzene rings is 4. The number of phenolic OH excluding ortho intramolecular Hbond substituents is 1. The number of phenols is 1. The van der Waals surface area contributed by atoms with E-state index in [-0.39, 0.29) is 63.8 Å². The molecule has 0 saturated carbocycles. The Labute approximate surface area is 515 Å². The van der Waals surface area contributed by atoms with Crippen molar-refractivity contribution in [1.29, 1.82) is 0 Å². The van der Waals surface area contributed by atoms with Crippen LogP contribution in [0.15, 0.2) is 115 Å². The molecule has 2 aliphatic heterocycles. The van der Waals surface area contributed by atoms with E-state index in [4.69, 9.17) is 17.2 Å². The van der Waals surface area contributed by atoms with Crippen LogP contribution < -0.4 is 65.1 Å². The lowest BCUT2D eigenvalue weighted by Crippen LogP contribution is -2.62. The number of hydrogen-bond acceptors (Lipinski definition) is 14. The Balaban J connectivity index is 1.43. The Hall–Kier alpha value is -9.72. The largest absolute Gasteiger partial charge is 0.508 e. The van der Waals surface area contributed by atoms with Crippen LogP contribution >= 0.6 is 0 Å². The van der Waals surface area contributed by atoms with Crippen molar-refractivity contribution in [3.8, 4) is 5.75 Å². The molecule has 12 amide bonds. The molecule has 16 N–H and O–H groups in total. The van der Waals surface area contributed by atoms with Gasteiger partial charge >= 0.3 is 0 Å². The Kier molecular flexibility index (Phi) is 25.7. The van der Waals surface area contributed by atoms with E-state index in [1.54, 1.807) is 105 Å². The summed E-state index contributed by atoms with van der Waals surface area (Å²) in [5, 5.41) is 33.9. The molecule has 0 aliphatic carbocycles. The molecular weight excluding hydrogens is 1150 g/mol. The van der Waals surface area contributed by atoms with Crippen LogP contribution in [0.5, 0.6) is 5.75 Å². The molecule has 2 saturated heterocycles. The van der Waals surface area contributed by atoms with Gasteiger partial charge in [0.1, 0.15) is 66.2 Å². The highest BCUT2D eigenvalue weighted by atomic mass is 16.3. The van der Waals surface area contributed by atoms with Gasteiger partial charge in [-0.25, -0.2) is 0 Å². The molecule has 2 aliphatic rings. The highest BCUT2D eigenvalue weighted by Crippen LogP contribution is 2.22. The van der Waals surface area contributed by atoms with Crippen molar-refractivity contribution in [2.45, 2.75) is 152 Å². The zero-order chi connectivity index (χ0) is 64.7. The zero-order valence-corrected chi connectivity index (χ0v) is 50.0. The summed E-state index contributed by atoms with van der Waals surface area (Å²) in [7, 11) is 0. The first-order chi connectivity index (χ1) is 42.5. The van der Waals surface area contributed by atoms with E-state index in [2.05, 4.69) is 47.9 Å². The molecule has 0 unspecified atom stereocenters. The Morgan fingerprint density at radius 3 is 1.38 bits per heavy atom. The van der Waals surface area contributed by atoms with E-state index >= 15 is 0 Å². The van der Waals surface area contributed by atoms with Crippen LogP contribution in [0.25, 0.3) is 0 Å². The minimum Gasteiger partial charge on any atom is -0.508 e. The molecule has 4 aromatic rings. The Morgan fingerprint density at radius 1 is 0.483 bits per heavy atom. The standard InChI is InChI=1S/C63H81N13O13/c1-36(2)53-62(88)69-43(21-13-29-64)55(81)67-37(3)54(80)74-49(34-40-19-11-6-12-20-40)63(89)76-30-14-22-50(76)61(87)73-46(32-39-17-9-5-10-18-39)58(84)71-45(31-38-15-7-4-8-16-38)57(83)72-48(35-52(66)79)59(85)68-44(27-28-51(65)78)56(82)70-47(60(86)75-53)33-41-23-25-42(77)26-24-41/h4-12,15-20,23-26,36-37,43-50,53,77H,13-14,21-22,27-35,64H2,1-3H3,(H2,65,78)(H2,66,79)(H,67,81)(H,68,85)(H,69,88)(H,70,82)(H,71,84)(H,72,83)(H,73,87)(H,74,80)(H,75,86)/t37-,43-,44-,45+,46-,47-,48-,49+,50-,53-/m0/s1. The molecule has 0 radical (unpaired) electrons. The minimum absolute atomic E-state index is 0.0290. The first-order valence-electron chi connectivity index (χ1n) is 29.7. The molecule has 4 aromatic carbocycles. The van der Waals surface area contributed by atoms with Gasteiger partial charge in [-0.2, -0.15) is 0 Å². The SMILES string of the molecule is CC(C)[C@@H]1NC(=O)[C@H](Cc2ccc(O)cc2)NC(=O)[C@H](CCC(N)=O)NC(=O)[C@H](CC(N)=O)NC(=O)[C@@H](Cc2ccccc2)NC(=O)[C@H](Cc2ccccc2)NC(=O)[C@@H]2CCCN2C(=O)[C@@H](Cc2ccccc2)NC(=O)[C@H](C)NC(=O)[C@H](CCCN)NC1=O. The van der Waals surface area contributed by atoms with Gasteiger partial charge in [0, 0.05) is 38.6 Å². The maximum Gasteiger partial charge on any atom is 0.246 e. The van der Waals surface area contributed by atoms with Crippen LogP contribution in [0, 0.1) is 5.92 Å². The van der Waals surface area contributed by atoms with Crippen LogP contribution in [-0.2, 0) is 83.2 Å². The van der Waals surface area contributed by atoms with Gasteiger partial charge in [0.25, 0.3) is 0 Å². The second-order valence-electron chi connectivity index (χ2n) is 22.6. The van der Waals surface area contributed by atoms with Crippen LogP contribution in [0.4, 0.5) is 0 Å². The molecule has 476 valence electrons. The van der Waals surface area contributed by atoms with Gasteiger partial charge < -0.3 is 75.1 Å². The van der Waals surface area contributed by atoms with Crippen molar-refractivity contribution >= 4 is 70.9 Å². The van der Waals surface area contributed by atoms with Gasteiger partial charge in [-0.15, -0.1) is 0 Å². The summed E-state index contributed by atoms with van der Waals surface area (Å²) >= 11 is 0. The molecule has 0 bridgehead atoms. The van der Waals surface area contributed by atoms with E-state index in [0.29, 0.717) is 28.7 Å². The summed E-state index contributed by atoms with van der Waals surface area (Å²) in [4.78, 5) is 172. The number of amides is 12. The number of carbonyl (C=O) groups excluding carboxylic acids is 12. The topological polar surface area (TPSA) is 415 Å². The number of nitrogens with zero attached hydrogens (tertiary/aromatic N) is 1. The molecular formula is C63H81N13O13. The molecule has 2 fully saturated rings. The molecule has 26 nitrogen and oxygen atoms in total. The summed E-state index contributed by atoms with van der Waals surface area (Å²) in [6.07, 6.45) is -1.82. The molecule has 89 heavy (non-hydrogen) atoms. The lowest BCUT2D eigenvalue weighted by atomic mass is 9.99. The van der Waals surface area contributed by atoms with Crippen LogP contribution in [0.3, 0.4) is 0 Å². The average Bonchev–Trinajstić information content (AvgIpc) is 3.58. The zero-order valence-electron chi connectivity index (χ0n) is 50.0. The monoisotopic (exact) mass is 1230 g/mol. The van der Waals surface area contributed by atoms with Gasteiger partial charge in [0.2, 0.25) is 70.9 Å².